The maximum atomic E-state index is 13.5. The molecule has 0 aliphatic rings. The third-order valence-electron chi connectivity index (χ3n) is 6.76. The van der Waals surface area contributed by atoms with E-state index in [1.807, 2.05) is 19.1 Å². The largest absolute Gasteiger partial charge is 0.327 e. The fraction of sp³-hybridized carbons (Fsp3) is 0.107. The lowest BCUT2D eigenvalue weighted by Crippen LogP contribution is -2.22. The number of halogens is 1. The smallest absolute Gasteiger partial charge is 0.316 e. The molecule has 0 aliphatic heterocycles. The molecule has 0 saturated carbocycles. The highest BCUT2D eigenvalue weighted by Gasteiger charge is 2.23. The Morgan fingerprint density at radius 2 is 1.72 bits per heavy atom. The van der Waals surface area contributed by atoms with Crippen LogP contribution < -0.4 is 11.2 Å². The van der Waals surface area contributed by atoms with E-state index in [-0.39, 0.29) is 16.1 Å². The van der Waals surface area contributed by atoms with Gasteiger partial charge in [0, 0.05) is 47.2 Å². The van der Waals surface area contributed by atoms with E-state index in [0.717, 1.165) is 15.1 Å². The fourth-order valence-electron chi connectivity index (χ4n) is 4.69. The summed E-state index contributed by atoms with van der Waals surface area (Å²) in [5.74, 6) is 0. The first-order valence-electron chi connectivity index (χ1n) is 12.0. The second-order valence-electron chi connectivity index (χ2n) is 9.39. The molecule has 196 valence electrons. The fourth-order valence-corrected chi connectivity index (χ4v) is 6.17. The molecule has 4 heterocycles. The minimum atomic E-state index is -4.03. The molecule has 6 aromatic rings. The van der Waals surface area contributed by atoms with Crippen molar-refractivity contribution in [3.05, 3.63) is 116 Å². The molecule has 9 nitrogen and oxygen atoms in total. The molecule has 2 aromatic carbocycles. The summed E-state index contributed by atoms with van der Waals surface area (Å²) in [6.45, 7) is 2.17. The number of imidazole rings is 1. The molecule has 0 unspecified atom stereocenters. The van der Waals surface area contributed by atoms with Crippen molar-refractivity contribution in [1.29, 1.82) is 0 Å². The lowest BCUT2D eigenvalue weighted by Gasteiger charge is -2.11. The van der Waals surface area contributed by atoms with Gasteiger partial charge in [-0.05, 0) is 48.9 Å². The van der Waals surface area contributed by atoms with E-state index in [1.165, 1.54) is 22.9 Å². The van der Waals surface area contributed by atoms with E-state index in [9.17, 15) is 18.0 Å². The first kappa shape index (κ1) is 24.9. The number of hydrogen-bond acceptors (Lipinski definition) is 5. The molecule has 0 bridgehead atoms. The van der Waals surface area contributed by atoms with Crippen LogP contribution in [0, 0.1) is 6.92 Å². The molecule has 0 atom stereocenters. The highest BCUT2D eigenvalue weighted by Crippen LogP contribution is 2.30. The average molecular weight is 560 g/mol. The Labute approximate surface area is 227 Å². The maximum Gasteiger partial charge on any atom is 0.327 e. The molecule has 11 heteroatoms. The molecule has 0 spiro atoms. The molecule has 0 saturated heterocycles. The van der Waals surface area contributed by atoms with E-state index in [4.69, 9.17) is 11.6 Å². The summed E-state index contributed by atoms with van der Waals surface area (Å²) in [5, 5.41) is 1.06. The van der Waals surface area contributed by atoms with Gasteiger partial charge in [-0.3, -0.25) is 14.3 Å². The van der Waals surface area contributed by atoms with E-state index < -0.39 is 15.6 Å². The third kappa shape index (κ3) is 4.18. The van der Waals surface area contributed by atoms with Crippen molar-refractivity contribution in [2.45, 2.75) is 18.4 Å². The van der Waals surface area contributed by atoms with Gasteiger partial charge in [0.25, 0.3) is 15.6 Å². The number of hydrogen-bond donors (Lipinski definition) is 1. The van der Waals surface area contributed by atoms with Crippen molar-refractivity contribution in [3.8, 4) is 11.1 Å². The molecule has 39 heavy (non-hydrogen) atoms. The number of H-pyrrole nitrogens is 1. The minimum absolute atomic E-state index is 0.0308. The standard InChI is InChI=1S/C28H22ClN5O4S/c1-17-3-9-21(10-4-17)39(37,38)34-12-11-22-23(16-32(2)27(35)25(22)34)19-13-24-26(30-14-19)31-28(36)33(24)15-18-5-7-20(29)8-6-18/h3-14,16H,15H2,1-2H3,(H,30,31,36). The zero-order valence-corrected chi connectivity index (χ0v) is 22.5. The number of aryl methyl sites for hydroxylation is 2. The van der Waals surface area contributed by atoms with Gasteiger partial charge < -0.3 is 4.57 Å². The van der Waals surface area contributed by atoms with Crippen LogP contribution in [0.3, 0.4) is 0 Å². The van der Waals surface area contributed by atoms with Crippen molar-refractivity contribution in [3.63, 3.8) is 0 Å². The van der Waals surface area contributed by atoms with Gasteiger partial charge >= 0.3 is 5.69 Å². The highest BCUT2D eigenvalue weighted by molar-refractivity contribution is 7.90. The first-order valence-corrected chi connectivity index (χ1v) is 13.8. The normalized spacial score (nSPS) is 12.0. The molecular formula is C28H22ClN5O4S. The maximum absolute atomic E-state index is 13.5. The summed E-state index contributed by atoms with van der Waals surface area (Å²) in [6, 6.07) is 17.1. The van der Waals surface area contributed by atoms with Crippen LogP contribution in [0.1, 0.15) is 11.1 Å². The van der Waals surface area contributed by atoms with Crippen LogP contribution in [0.15, 0.2) is 93.7 Å². The van der Waals surface area contributed by atoms with Crippen molar-refractivity contribution in [2.24, 2.45) is 7.05 Å². The van der Waals surface area contributed by atoms with Gasteiger partial charge in [0.2, 0.25) is 0 Å². The van der Waals surface area contributed by atoms with Crippen LogP contribution in [-0.4, -0.2) is 31.5 Å². The Morgan fingerprint density at radius 3 is 2.44 bits per heavy atom. The Hall–Kier alpha value is -4.41. The van der Waals surface area contributed by atoms with Crippen LogP contribution >= 0.6 is 11.6 Å². The number of aromatic amines is 1. The van der Waals surface area contributed by atoms with E-state index in [0.29, 0.717) is 39.2 Å². The summed E-state index contributed by atoms with van der Waals surface area (Å²) in [4.78, 5) is 33.3. The van der Waals surface area contributed by atoms with Crippen LogP contribution in [-0.2, 0) is 23.6 Å². The number of benzene rings is 2. The predicted molar refractivity (Wildman–Crippen MR) is 151 cm³/mol. The number of nitrogens with zero attached hydrogens (tertiary/aromatic N) is 4. The number of aromatic nitrogens is 5. The van der Waals surface area contributed by atoms with E-state index in [2.05, 4.69) is 9.97 Å². The lowest BCUT2D eigenvalue weighted by atomic mass is 10.1. The summed E-state index contributed by atoms with van der Waals surface area (Å²) >= 11 is 6.00. The van der Waals surface area contributed by atoms with Gasteiger partial charge in [0.05, 0.1) is 17.0 Å². The number of fused-ring (bicyclic) bond motifs is 2. The molecular weight excluding hydrogens is 538 g/mol. The van der Waals surface area contributed by atoms with Crippen molar-refractivity contribution in [2.75, 3.05) is 0 Å². The lowest BCUT2D eigenvalue weighted by molar-refractivity contribution is 0.589. The summed E-state index contributed by atoms with van der Waals surface area (Å²) in [6.07, 6.45) is 4.63. The van der Waals surface area contributed by atoms with E-state index in [1.54, 1.807) is 60.4 Å². The SMILES string of the molecule is Cc1ccc(S(=O)(=O)n2ccc3c(-c4cnc5[nH]c(=O)n(Cc6ccc(Cl)cc6)c5c4)cn(C)c(=O)c32)cc1. The second-order valence-corrected chi connectivity index (χ2v) is 11.6. The van der Waals surface area contributed by atoms with Crippen LogP contribution in [0.25, 0.3) is 33.2 Å². The van der Waals surface area contributed by atoms with Crippen LogP contribution in [0.2, 0.25) is 5.02 Å². The summed E-state index contributed by atoms with van der Waals surface area (Å²) < 4.78 is 30.9. The monoisotopic (exact) mass is 559 g/mol. The summed E-state index contributed by atoms with van der Waals surface area (Å²) in [5.41, 5.74) is 3.28. The molecule has 6 rings (SSSR count). The zero-order chi connectivity index (χ0) is 27.5. The Balaban J connectivity index is 1.53. The van der Waals surface area contributed by atoms with Gasteiger partial charge in [-0.2, -0.15) is 0 Å². The van der Waals surface area contributed by atoms with Crippen LogP contribution in [0.4, 0.5) is 0 Å². The zero-order valence-electron chi connectivity index (χ0n) is 20.9. The minimum Gasteiger partial charge on any atom is -0.316 e. The van der Waals surface area contributed by atoms with Gasteiger partial charge in [-0.1, -0.05) is 41.4 Å². The Morgan fingerprint density at radius 1 is 1.00 bits per heavy atom. The highest BCUT2D eigenvalue weighted by atomic mass is 35.5. The molecule has 4 aromatic heterocycles. The summed E-state index contributed by atoms with van der Waals surface area (Å²) in [7, 11) is -2.46. The van der Waals surface area contributed by atoms with Crippen LogP contribution in [0.5, 0.6) is 0 Å². The number of pyridine rings is 2. The van der Waals surface area contributed by atoms with Crippen molar-refractivity contribution in [1.82, 2.24) is 23.1 Å². The third-order valence-corrected chi connectivity index (χ3v) is 8.70. The molecule has 0 aliphatic carbocycles. The number of nitrogens with one attached hydrogen (secondary N) is 1. The Kier molecular flexibility index (Phi) is 5.81. The molecule has 0 radical (unpaired) electrons. The van der Waals surface area contributed by atoms with E-state index >= 15 is 0 Å². The second kappa shape index (κ2) is 9.11. The average Bonchev–Trinajstić information content (AvgIpc) is 3.50. The topological polar surface area (TPSA) is 112 Å². The Bertz CT molecular complexity index is 2120. The van der Waals surface area contributed by atoms with Crippen molar-refractivity contribution < 1.29 is 8.42 Å². The molecule has 1 N–H and O–H groups in total. The van der Waals surface area contributed by atoms with Gasteiger partial charge in [0.1, 0.15) is 5.52 Å². The quantitative estimate of drug-likeness (QED) is 0.339. The molecule has 0 fully saturated rings. The predicted octanol–water partition coefficient (Wildman–Crippen LogP) is 4.29. The van der Waals surface area contributed by atoms with Gasteiger partial charge in [-0.15, -0.1) is 0 Å². The van der Waals surface area contributed by atoms with Gasteiger partial charge in [0.15, 0.2) is 5.65 Å². The number of rotatable bonds is 5. The van der Waals surface area contributed by atoms with Crippen molar-refractivity contribution >= 4 is 43.7 Å². The van der Waals surface area contributed by atoms with Gasteiger partial charge in [-0.25, -0.2) is 22.2 Å². The first-order chi connectivity index (χ1) is 18.6. The molecule has 0 amide bonds.